The number of carboxylic acids is 1. The second kappa shape index (κ2) is 5.95. The highest BCUT2D eigenvalue weighted by atomic mass is 16.6. The summed E-state index contributed by atoms with van der Waals surface area (Å²) in [5.74, 6) is -1.45. The molecule has 1 aromatic heterocycles. The van der Waals surface area contributed by atoms with Crippen LogP contribution in [-0.2, 0) is 6.42 Å². The lowest BCUT2D eigenvalue weighted by Gasteiger charge is -2.08. The maximum Gasteiger partial charge on any atom is 0.346 e. The Labute approximate surface area is 119 Å². The Bertz CT molecular complexity index is 702. The van der Waals surface area contributed by atoms with E-state index in [0.717, 1.165) is 6.07 Å². The molecule has 0 bridgehead atoms. The molecule has 0 radical (unpaired) electrons. The number of carbonyl (C=O) groups is 1. The van der Waals surface area contributed by atoms with Crippen LogP contribution < -0.4 is 4.74 Å². The first kappa shape index (κ1) is 14.4. The molecule has 0 aliphatic carbocycles. The monoisotopic (exact) mass is 289 g/mol. The van der Waals surface area contributed by atoms with Gasteiger partial charge in [-0.05, 0) is 12.5 Å². The summed E-state index contributed by atoms with van der Waals surface area (Å²) in [7, 11) is 0. The summed E-state index contributed by atoms with van der Waals surface area (Å²) in [6.07, 6.45) is 1.94. The van der Waals surface area contributed by atoms with Crippen molar-refractivity contribution in [3.8, 4) is 11.6 Å². The zero-order valence-corrected chi connectivity index (χ0v) is 11.0. The molecule has 0 aliphatic heterocycles. The van der Waals surface area contributed by atoms with Gasteiger partial charge in [-0.2, -0.15) is 0 Å². The van der Waals surface area contributed by atoms with Crippen LogP contribution in [0.15, 0.2) is 30.6 Å². The number of hydrogen-bond donors (Lipinski definition) is 1. The highest BCUT2D eigenvalue weighted by Crippen LogP contribution is 2.31. The van der Waals surface area contributed by atoms with Gasteiger partial charge in [0.05, 0.1) is 4.92 Å². The SMILES string of the molecule is CCc1cc(Oc2cccc([N+](=O)[O-])c2C(=O)O)ncn1. The van der Waals surface area contributed by atoms with Crippen LogP contribution >= 0.6 is 0 Å². The van der Waals surface area contributed by atoms with Crippen LogP contribution in [0.4, 0.5) is 5.69 Å². The molecular weight excluding hydrogens is 278 g/mol. The van der Waals surface area contributed by atoms with Crippen molar-refractivity contribution in [3.63, 3.8) is 0 Å². The second-order valence-corrected chi connectivity index (χ2v) is 4.02. The van der Waals surface area contributed by atoms with E-state index in [9.17, 15) is 14.9 Å². The number of aromatic carboxylic acids is 1. The van der Waals surface area contributed by atoms with Crippen LogP contribution in [0.1, 0.15) is 23.0 Å². The Hall–Kier alpha value is -3.03. The fourth-order valence-electron chi connectivity index (χ4n) is 1.71. The number of rotatable bonds is 5. The number of hydrogen-bond acceptors (Lipinski definition) is 6. The molecule has 0 spiro atoms. The lowest BCUT2D eigenvalue weighted by Crippen LogP contribution is -2.05. The van der Waals surface area contributed by atoms with Crippen molar-refractivity contribution in [3.05, 3.63) is 52.0 Å². The molecular formula is C13H11N3O5. The maximum absolute atomic E-state index is 11.2. The minimum Gasteiger partial charge on any atom is -0.477 e. The normalized spacial score (nSPS) is 10.1. The molecule has 21 heavy (non-hydrogen) atoms. The van der Waals surface area contributed by atoms with Crippen molar-refractivity contribution in [2.24, 2.45) is 0 Å². The van der Waals surface area contributed by atoms with E-state index in [1.54, 1.807) is 6.07 Å². The van der Waals surface area contributed by atoms with Gasteiger partial charge in [0.1, 0.15) is 6.33 Å². The summed E-state index contributed by atoms with van der Waals surface area (Å²) in [6, 6.07) is 5.34. The molecule has 0 saturated heterocycles. The van der Waals surface area contributed by atoms with Gasteiger partial charge in [0, 0.05) is 17.8 Å². The molecule has 0 amide bonds. The number of nitro groups is 1. The number of carboxylic acid groups (broad SMARTS) is 1. The van der Waals surface area contributed by atoms with Crippen molar-refractivity contribution in [2.75, 3.05) is 0 Å². The molecule has 2 aromatic rings. The Morgan fingerprint density at radius 2 is 2.19 bits per heavy atom. The van der Waals surface area contributed by atoms with Crippen LogP contribution in [0, 0.1) is 10.1 Å². The fourth-order valence-corrected chi connectivity index (χ4v) is 1.71. The average Bonchev–Trinajstić information content (AvgIpc) is 2.46. The highest BCUT2D eigenvalue weighted by molar-refractivity contribution is 5.95. The number of aryl methyl sites for hydroxylation is 1. The third kappa shape index (κ3) is 3.11. The van der Waals surface area contributed by atoms with Gasteiger partial charge in [0.25, 0.3) is 5.69 Å². The average molecular weight is 289 g/mol. The van der Waals surface area contributed by atoms with E-state index in [0.29, 0.717) is 12.1 Å². The Kier molecular flexibility index (Phi) is 4.07. The van der Waals surface area contributed by atoms with Crippen molar-refractivity contribution in [1.29, 1.82) is 0 Å². The first-order valence-corrected chi connectivity index (χ1v) is 6.02. The molecule has 8 heteroatoms. The van der Waals surface area contributed by atoms with Crippen molar-refractivity contribution < 1.29 is 19.6 Å². The lowest BCUT2D eigenvalue weighted by molar-refractivity contribution is -0.385. The van der Waals surface area contributed by atoms with Crippen LogP contribution in [0.25, 0.3) is 0 Å². The van der Waals surface area contributed by atoms with E-state index in [1.807, 2.05) is 6.92 Å². The van der Waals surface area contributed by atoms with Gasteiger partial charge >= 0.3 is 5.97 Å². The molecule has 0 unspecified atom stereocenters. The predicted octanol–water partition coefficient (Wildman–Crippen LogP) is 2.44. The smallest absolute Gasteiger partial charge is 0.346 e. The minimum atomic E-state index is -1.44. The molecule has 0 aliphatic rings. The van der Waals surface area contributed by atoms with Crippen molar-refractivity contribution in [1.82, 2.24) is 9.97 Å². The van der Waals surface area contributed by atoms with Crippen molar-refractivity contribution in [2.45, 2.75) is 13.3 Å². The molecule has 0 fully saturated rings. The van der Waals surface area contributed by atoms with Gasteiger partial charge in [0.2, 0.25) is 5.88 Å². The van der Waals surface area contributed by atoms with Crippen LogP contribution in [0.5, 0.6) is 11.6 Å². The standard InChI is InChI=1S/C13H11N3O5/c1-2-8-6-11(15-7-14-8)21-10-5-3-4-9(16(19)20)12(10)13(17)18/h3-7H,2H2,1H3,(H,17,18). The first-order valence-electron chi connectivity index (χ1n) is 6.02. The summed E-state index contributed by atoms with van der Waals surface area (Å²) >= 11 is 0. The zero-order chi connectivity index (χ0) is 15.4. The third-order valence-corrected chi connectivity index (χ3v) is 2.69. The van der Waals surface area contributed by atoms with Gasteiger partial charge in [-0.25, -0.2) is 14.8 Å². The molecule has 0 atom stereocenters. The molecule has 1 aromatic carbocycles. The number of nitrogens with zero attached hydrogens (tertiary/aromatic N) is 3. The topological polar surface area (TPSA) is 115 Å². The summed E-state index contributed by atoms with van der Waals surface area (Å²) < 4.78 is 5.37. The van der Waals surface area contributed by atoms with E-state index < -0.39 is 22.1 Å². The lowest BCUT2D eigenvalue weighted by atomic mass is 10.1. The molecule has 1 N–H and O–H groups in total. The Morgan fingerprint density at radius 1 is 1.43 bits per heavy atom. The molecule has 8 nitrogen and oxygen atoms in total. The van der Waals surface area contributed by atoms with Gasteiger partial charge in [-0.3, -0.25) is 10.1 Å². The Morgan fingerprint density at radius 3 is 2.81 bits per heavy atom. The number of ether oxygens (including phenoxy) is 1. The van der Waals surface area contributed by atoms with Gasteiger partial charge in [-0.15, -0.1) is 0 Å². The second-order valence-electron chi connectivity index (χ2n) is 4.02. The van der Waals surface area contributed by atoms with Gasteiger partial charge < -0.3 is 9.84 Å². The third-order valence-electron chi connectivity index (χ3n) is 2.69. The molecule has 2 rings (SSSR count). The number of benzene rings is 1. The number of aromatic nitrogens is 2. The predicted molar refractivity (Wildman–Crippen MR) is 71.5 cm³/mol. The summed E-state index contributed by atoms with van der Waals surface area (Å²) in [6.45, 7) is 1.89. The van der Waals surface area contributed by atoms with Crippen LogP contribution in [-0.4, -0.2) is 26.0 Å². The largest absolute Gasteiger partial charge is 0.477 e. The molecule has 108 valence electrons. The fraction of sp³-hybridized carbons (Fsp3) is 0.154. The molecule has 0 saturated carbocycles. The minimum absolute atomic E-state index is 0.129. The summed E-state index contributed by atoms with van der Waals surface area (Å²) in [5, 5.41) is 20.0. The first-order chi connectivity index (χ1) is 10.0. The van der Waals surface area contributed by atoms with E-state index in [1.165, 1.54) is 18.5 Å². The van der Waals surface area contributed by atoms with Gasteiger partial charge in [0.15, 0.2) is 11.3 Å². The summed E-state index contributed by atoms with van der Waals surface area (Å²) in [4.78, 5) is 29.2. The Balaban J connectivity index is 2.46. The van der Waals surface area contributed by atoms with Crippen molar-refractivity contribution >= 4 is 11.7 Å². The molecule has 1 heterocycles. The van der Waals surface area contributed by atoms with Gasteiger partial charge in [-0.1, -0.05) is 13.0 Å². The van der Waals surface area contributed by atoms with Crippen LogP contribution in [0.2, 0.25) is 0 Å². The zero-order valence-electron chi connectivity index (χ0n) is 11.0. The van der Waals surface area contributed by atoms with E-state index in [-0.39, 0.29) is 11.6 Å². The maximum atomic E-state index is 11.2. The highest BCUT2D eigenvalue weighted by Gasteiger charge is 2.25. The number of nitro benzene ring substituents is 1. The van der Waals surface area contributed by atoms with E-state index in [4.69, 9.17) is 9.84 Å². The van der Waals surface area contributed by atoms with E-state index in [2.05, 4.69) is 9.97 Å². The van der Waals surface area contributed by atoms with Crippen LogP contribution in [0.3, 0.4) is 0 Å². The van der Waals surface area contributed by atoms with E-state index >= 15 is 0 Å². The summed E-state index contributed by atoms with van der Waals surface area (Å²) in [5.41, 5.74) is -0.341. The quantitative estimate of drug-likeness (QED) is 0.663.